The van der Waals surface area contributed by atoms with Crippen molar-refractivity contribution in [1.82, 2.24) is 21.5 Å². The minimum absolute atomic E-state index is 0.0310. The molecule has 0 aliphatic rings. The van der Waals surface area contributed by atoms with Gasteiger partial charge in [0.2, 0.25) is 5.91 Å². The lowest BCUT2D eigenvalue weighted by Crippen LogP contribution is -2.55. The molecule has 6 nitrogen and oxygen atoms in total. The third-order valence-corrected chi connectivity index (χ3v) is 3.15. The Hall–Kier alpha value is -2.15. The van der Waals surface area contributed by atoms with Gasteiger partial charge in [0, 0.05) is 13.5 Å². The summed E-state index contributed by atoms with van der Waals surface area (Å²) in [6.45, 7) is 5.64. The fourth-order valence-corrected chi connectivity index (χ4v) is 1.90. The second kappa shape index (κ2) is 8.99. The molecule has 0 aliphatic heterocycles. The fourth-order valence-electron chi connectivity index (χ4n) is 1.77. The van der Waals surface area contributed by atoms with Gasteiger partial charge in [-0.1, -0.05) is 44.2 Å². The van der Waals surface area contributed by atoms with Gasteiger partial charge < -0.3 is 10.6 Å². The monoisotopic (exact) mass is 322 g/mol. The highest BCUT2D eigenvalue weighted by Crippen LogP contribution is 2.01. The first-order valence-electron chi connectivity index (χ1n) is 7.05. The fraction of sp³-hybridized carbons (Fsp3) is 0.400. The van der Waals surface area contributed by atoms with Crippen molar-refractivity contribution >= 4 is 29.1 Å². The van der Waals surface area contributed by atoms with Crippen LogP contribution in [0.4, 0.5) is 0 Å². The van der Waals surface area contributed by atoms with E-state index in [0.717, 1.165) is 5.56 Å². The molecule has 0 saturated carbocycles. The number of benzene rings is 1. The number of hydrazine groups is 1. The van der Waals surface area contributed by atoms with Crippen LogP contribution in [0, 0.1) is 5.92 Å². The number of rotatable bonds is 5. The van der Waals surface area contributed by atoms with Gasteiger partial charge >= 0.3 is 0 Å². The van der Waals surface area contributed by atoms with Gasteiger partial charge in [0.25, 0.3) is 5.91 Å². The third kappa shape index (κ3) is 6.53. The maximum absolute atomic E-state index is 12.0. The van der Waals surface area contributed by atoms with Gasteiger partial charge in [-0.15, -0.1) is 0 Å². The minimum Gasteiger partial charge on any atom is -0.357 e. The van der Waals surface area contributed by atoms with Gasteiger partial charge in [-0.2, -0.15) is 0 Å². The molecule has 2 amide bonds. The topological polar surface area (TPSA) is 82.3 Å². The Labute approximate surface area is 136 Å². The minimum atomic E-state index is -0.609. The maximum atomic E-state index is 12.0. The standard InChI is InChI=1S/C15H22N4O2S/c1-10(2)13(17-11(3)20)14(21)18-19-15(22)16-9-12-7-5-4-6-8-12/h4-8,10,13H,9H2,1-3H3,(H,17,20)(H,18,21)(H2,16,19,22)/t13-/m0/s1. The molecule has 0 fully saturated rings. The number of hydrogen-bond donors (Lipinski definition) is 4. The predicted molar refractivity (Wildman–Crippen MR) is 89.6 cm³/mol. The Kier molecular flexibility index (Phi) is 7.31. The van der Waals surface area contributed by atoms with Crippen molar-refractivity contribution in [2.24, 2.45) is 5.92 Å². The largest absolute Gasteiger partial charge is 0.357 e. The van der Waals surface area contributed by atoms with Crippen molar-refractivity contribution in [3.05, 3.63) is 35.9 Å². The number of thiocarbonyl (C=S) groups is 1. The highest BCUT2D eigenvalue weighted by atomic mass is 32.1. The molecule has 1 atom stereocenters. The Balaban J connectivity index is 2.38. The normalized spacial score (nSPS) is 11.5. The summed E-state index contributed by atoms with van der Waals surface area (Å²) in [5.41, 5.74) is 6.21. The molecular weight excluding hydrogens is 300 g/mol. The Bertz CT molecular complexity index is 520. The lowest BCUT2D eigenvalue weighted by atomic mass is 10.0. The van der Waals surface area contributed by atoms with Crippen LogP contribution in [-0.4, -0.2) is 23.0 Å². The smallest absolute Gasteiger partial charge is 0.261 e. The van der Waals surface area contributed by atoms with Crippen LogP contribution in [-0.2, 0) is 16.1 Å². The molecule has 0 aliphatic carbocycles. The van der Waals surface area contributed by atoms with Crippen LogP contribution in [0.15, 0.2) is 30.3 Å². The van der Waals surface area contributed by atoms with E-state index in [4.69, 9.17) is 12.2 Å². The first-order valence-corrected chi connectivity index (χ1v) is 7.45. The molecule has 0 aromatic heterocycles. The summed E-state index contributed by atoms with van der Waals surface area (Å²) in [5.74, 6) is -0.621. The van der Waals surface area contributed by atoms with E-state index >= 15 is 0 Å². The van der Waals surface area contributed by atoms with Gasteiger partial charge in [-0.05, 0) is 23.7 Å². The molecule has 120 valence electrons. The summed E-state index contributed by atoms with van der Waals surface area (Å²) < 4.78 is 0. The summed E-state index contributed by atoms with van der Waals surface area (Å²) in [4.78, 5) is 23.1. The van der Waals surface area contributed by atoms with Crippen LogP contribution in [0.2, 0.25) is 0 Å². The van der Waals surface area contributed by atoms with Crippen molar-refractivity contribution in [3.8, 4) is 0 Å². The second-order valence-corrected chi connectivity index (χ2v) is 5.61. The molecule has 0 heterocycles. The number of carbonyl (C=O) groups is 2. The van der Waals surface area contributed by atoms with E-state index in [0.29, 0.717) is 11.7 Å². The van der Waals surface area contributed by atoms with E-state index in [1.165, 1.54) is 6.92 Å². The van der Waals surface area contributed by atoms with Crippen molar-refractivity contribution in [1.29, 1.82) is 0 Å². The number of amides is 2. The molecular formula is C15H22N4O2S. The van der Waals surface area contributed by atoms with Crippen molar-refractivity contribution < 1.29 is 9.59 Å². The molecule has 7 heteroatoms. The number of carbonyl (C=O) groups excluding carboxylic acids is 2. The zero-order valence-electron chi connectivity index (χ0n) is 13.0. The van der Waals surface area contributed by atoms with Crippen LogP contribution >= 0.6 is 12.2 Å². The number of hydrogen-bond acceptors (Lipinski definition) is 3. The lowest BCUT2D eigenvalue weighted by Gasteiger charge is -2.21. The first-order chi connectivity index (χ1) is 10.4. The molecule has 1 aromatic carbocycles. The van der Waals surface area contributed by atoms with E-state index < -0.39 is 6.04 Å². The summed E-state index contributed by atoms with van der Waals surface area (Å²) in [6.07, 6.45) is 0. The van der Waals surface area contributed by atoms with Crippen LogP contribution in [0.3, 0.4) is 0 Å². The Morgan fingerprint density at radius 3 is 2.32 bits per heavy atom. The second-order valence-electron chi connectivity index (χ2n) is 5.20. The van der Waals surface area contributed by atoms with E-state index in [1.807, 2.05) is 44.2 Å². The molecule has 1 rings (SSSR count). The Morgan fingerprint density at radius 2 is 1.77 bits per heavy atom. The van der Waals surface area contributed by atoms with Crippen molar-refractivity contribution in [2.75, 3.05) is 0 Å². The first kappa shape index (κ1) is 17.9. The molecule has 22 heavy (non-hydrogen) atoms. The molecule has 4 N–H and O–H groups in total. The van der Waals surface area contributed by atoms with Crippen molar-refractivity contribution in [3.63, 3.8) is 0 Å². The molecule has 0 saturated heterocycles. The lowest BCUT2D eigenvalue weighted by molar-refractivity contribution is -0.129. The van der Waals surface area contributed by atoms with E-state index in [1.54, 1.807) is 0 Å². The third-order valence-electron chi connectivity index (χ3n) is 2.90. The Morgan fingerprint density at radius 1 is 1.14 bits per heavy atom. The average molecular weight is 322 g/mol. The summed E-state index contributed by atoms with van der Waals surface area (Å²) in [6, 6.07) is 9.15. The predicted octanol–water partition coefficient (Wildman–Crippen LogP) is 0.843. The summed E-state index contributed by atoms with van der Waals surface area (Å²) >= 11 is 5.09. The molecule has 0 bridgehead atoms. The van der Waals surface area contributed by atoms with Gasteiger partial charge in [-0.25, -0.2) is 0 Å². The van der Waals surface area contributed by atoms with E-state index in [9.17, 15) is 9.59 Å². The molecule has 0 spiro atoms. The van der Waals surface area contributed by atoms with Crippen LogP contribution in [0.1, 0.15) is 26.3 Å². The van der Waals surface area contributed by atoms with E-state index in [-0.39, 0.29) is 17.7 Å². The summed E-state index contributed by atoms with van der Waals surface area (Å²) in [5, 5.41) is 5.90. The zero-order valence-corrected chi connectivity index (χ0v) is 13.8. The highest BCUT2D eigenvalue weighted by molar-refractivity contribution is 7.80. The molecule has 0 unspecified atom stereocenters. The quantitative estimate of drug-likeness (QED) is 0.477. The zero-order chi connectivity index (χ0) is 16.5. The van der Waals surface area contributed by atoms with Crippen molar-refractivity contribution in [2.45, 2.75) is 33.4 Å². The molecule has 0 radical (unpaired) electrons. The van der Waals surface area contributed by atoms with Crippen LogP contribution in [0.5, 0.6) is 0 Å². The SMILES string of the molecule is CC(=O)N[C@H](C(=O)NNC(=S)NCc1ccccc1)C(C)C. The van der Waals surface area contributed by atoms with Gasteiger partial charge in [0.1, 0.15) is 6.04 Å². The van der Waals surface area contributed by atoms with Gasteiger partial charge in [0.15, 0.2) is 5.11 Å². The maximum Gasteiger partial charge on any atom is 0.261 e. The average Bonchev–Trinajstić information content (AvgIpc) is 2.48. The molecule has 1 aromatic rings. The highest BCUT2D eigenvalue weighted by Gasteiger charge is 2.22. The summed E-state index contributed by atoms with van der Waals surface area (Å²) in [7, 11) is 0. The van der Waals surface area contributed by atoms with Gasteiger partial charge in [0.05, 0.1) is 0 Å². The van der Waals surface area contributed by atoms with Gasteiger partial charge in [-0.3, -0.25) is 20.4 Å². The van der Waals surface area contributed by atoms with Crippen LogP contribution in [0.25, 0.3) is 0 Å². The van der Waals surface area contributed by atoms with E-state index in [2.05, 4.69) is 21.5 Å². The number of nitrogens with one attached hydrogen (secondary N) is 4. The van der Waals surface area contributed by atoms with Crippen LogP contribution < -0.4 is 21.5 Å².